The van der Waals surface area contributed by atoms with Crippen molar-refractivity contribution in [2.75, 3.05) is 6.54 Å². The molecule has 1 aromatic heterocycles. The van der Waals surface area contributed by atoms with Crippen LogP contribution in [0, 0.1) is 0 Å². The fourth-order valence-corrected chi connectivity index (χ4v) is 3.19. The zero-order valence-electron chi connectivity index (χ0n) is 15.5. The van der Waals surface area contributed by atoms with Gasteiger partial charge in [0, 0.05) is 12.1 Å². The van der Waals surface area contributed by atoms with Crippen LogP contribution >= 0.6 is 11.6 Å². The Labute approximate surface area is 165 Å². The van der Waals surface area contributed by atoms with Gasteiger partial charge in [0.25, 0.3) is 5.91 Å². The molecule has 0 aliphatic rings. The number of halogens is 1. The molecule has 3 rings (SSSR count). The molecule has 1 amide bonds. The Balaban J connectivity index is 1.89. The summed E-state index contributed by atoms with van der Waals surface area (Å²) in [7, 11) is 0. The van der Waals surface area contributed by atoms with Gasteiger partial charge in [-0.1, -0.05) is 74.2 Å². The molecule has 4 nitrogen and oxygen atoms in total. The van der Waals surface area contributed by atoms with E-state index in [1.54, 1.807) is 10.7 Å². The molecule has 140 valence electrons. The first-order chi connectivity index (χ1) is 13.2. The van der Waals surface area contributed by atoms with Gasteiger partial charge in [0.1, 0.15) is 5.69 Å². The lowest BCUT2D eigenvalue weighted by Crippen LogP contribution is -2.26. The van der Waals surface area contributed by atoms with E-state index in [9.17, 15) is 4.79 Å². The van der Waals surface area contributed by atoms with Crippen LogP contribution in [-0.4, -0.2) is 22.2 Å². The number of hydrogen-bond donors (Lipinski definition) is 1. The molecule has 2 aromatic carbocycles. The van der Waals surface area contributed by atoms with Gasteiger partial charge < -0.3 is 5.32 Å². The summed E-state index contributed by atoms with van der Waals surface area (Å²) >= 11 is 6.33. The number of hydrogen-bond acceptors (Lipinski definition) is 2. The summed E-state index contributed by atoms with van der Waals surface area (Å²) in [5, 5.41) is 8.29. The monoisotopic (exact) mass is 381 g/mol. The third-order valence-corrected chi connectivity index (χ3v) is 4.74. The first-order valence-corrected chi connectivity index (χ1v) is 9.77. The maximum Gasteiger partial charge on any atom is 0.270 e. The summed E-state index contributed by atoms with van der Waals surface area (Å²) in [5.74, 6) is -0.124. The van der Waals surface area contributed by atoms with E-state index in [1.807, 2.05) is 54.6 Å². The fourth-order valence-electron chi connectivity index (χ4n) is 2.95. The second-order valence-electron chi connectivity index (χ2n) is 6.46. The Morgan fingerprint density at radius 1 is 1.04 bits per heavy atom. The Hall–Kier alpha value is -2.59. The van der Waals surface area contributed by atoms with E-state index in [2.05, 4.69) is 17.3 Å². The van der Waals surface area contributed by atoms with E-state index < -0.39 is 0 Å². The molecule has 0 fully saturated rings. The lowest BCUT2D eigenvalue weighted by atomic mass is 10.1. The molecule has 3 aromatic rings. The second kappa shape index (κ2) is 9.38. The maximum absolute atomic E-state index is 12.8. The van der Waals surface area contributed by atoms with Crippen LogP contribution in [-0.2, 0) is 0 Å². The van der Waals surface area contributed by atoms with Crippen LogP contribution in [0.5, 0.6) is 0 Å². The summed E-state index contributed by atoms with van der Waals surface area (Å²) in [4.78, 5) is 12.8. The predicted octanol–water partition coefficient (Wildman–Crippen LogP) is 5.50. The summed E-state index contributed by atoms with van der Waals surface area (Å²) in [6.45, 7) is 2.84. The number of carbonyl (C=O) groups is 1. The molecule has 27 heavy (non-hydrogen) atoms. The number of aromatic nitrogens is 2. The molecular weight excluding hydrogens is 358 g/mol. The smallest absolute Gasteiger partial charge is 0.270 e. The van der Waals surface area contributed by atoms with E-state index in [0.717, 1.165) is 24.1 Å². The van der Waals surface area contributed by atoms with E-state index in [0.29, 0.717) is 23.0 Å². The van der Waals surface area contributed by atoms with Crippen LogP contribution in [0.1, 0.15) is 43.1 Å². The van der Waals surface area contributed by atoms with Gasteiger partial charge in [-0.3, -0.25) is 4.79 Å². The normalized spacial score (nSPS) is 10.7. The zero-order valence-corrected chi connectivity index (χ0v) is 16.2. The minimum atomic E-state index is -0.124. The molecule has 1 heterocycles. The predicted molar refractivity (Wildman–Crippen MR) is 110 cm³/mol. The van der Waals surface area contributed by atoms with E-state index in [4.69, 9.17) is 11.6 Å². The largest absolute Gasteiger partial charge is 0.351 e. The quantitative estimate of drug-likeness (QED) is 0.523. The highest BCUT2D eigenvalue weighted by Crippen LogP contribution is 2.28. The van der Waals surface area contributed by atoms with Crippen molar-refractivity contribution in [3.8, 4) is 16.9 Å². The highest BCUT2D eigenvalue weighted by Gasteiger charge is 2.18. The molecule has 0 aliphatic heterocycles. The van der Waals surface area contributed by atoms with Gasteiger partial charge in [0.15, 0.2) is 0 Å². The average molecular weight is 382 g/mol. The summed E-state index contributed by atoms with van der Waals surface area (Å²) in [6.07, 6.45) is 4.47. The first-order valence-electron chi connectivity index (χ1n) is 9.39. The zero-order chi connectivity index (χ0) is 19.1. The summed E-state index contributed by atoms with van der Waals surface area (Å²) in [5.41, 5.74) is 2.84. The summed E-state index contributed by atoms with van der Waals surface area (Å²) < 4.78 is 1.68. The number of rotatable bonds is 8. The minimum absolute atomic E-state index is 0.124. The molecule has 0 saturated heterocycles. The van der Waals surface area contributed by atoms with E-state index >= 15 is 0 Å². The number of unbranched alkanes of at least 4 members (excludes halogenated alkanes) is 3. The van der Waals surface area contributed by atoms with Crippen LogP contribution in [0.2, 0.25) is 5.02 Å². The van der Waals surface area contributed by atoms with Crippen LogP contribution < -0.4 is 5.32 Å². The highest BCUT2D eigenvalue weighted by molar-refractivity contribution is 6.33. The maximum atomic E-state index is 12.8. The lowest BCUT2D eigenvalue weighted by molar-refractivity contribution is 0.0945. The van der Waals surface area contributed by atoms with Crippen LogP contribution in [0.15, 0.2) is 60.7 Å². The highest BCUT2D eigenvalue weighted by atomic mass is 35.5. The van der Waals surface area contributed by atoms with Crippen molar-refractivity contribution < 1.29 is 4.79 Å². The minimum Gasteiger partial charge on any atom is -0.351 e. The molecule has 0 atom stereocenters. The Bertz CT molecular complexity index is 890. The van der Waals surface area contributed by atoms with Crippen LogP contribution in [0.3, 0.4) is 0 Å². The van der Waals surface area contributed by atoms with Gasteiger partial charge in [0.05, 0.1) is 16.4 Å². The SMILES string of the molecule is CCCCCCNC(=O)c1cc(-c2ccccc2Cl)nn1-c1ccccc1. The lowest BCUT2D eigenvalue weighted by Gasteiger charge is -2.08. The van der Waals surface area contributed by atoms with Gasteiger partial charge in [-0.25, -0.2) is 4.68 Å². The molecule has 0 bridgehead atoms. The third-order valence-electron chi connectivity index (χ3n) is 4.41. The molecule has 0 saturated carbocycles. The van der Waals surface area contributed by atoms with Gasteiger partial charge in [-0.05, 0) is 30.7 Å². The van der Waals surface area contributed by atoms with Crippen LogP contribution in [0.4, 0.5) is 0 Å². The fraction of sp³-hybridized carbons (Fsp3) is 0.273. The molecule has 5 heteroatoms. The Kier molecular flexibility index (Phi) is 6.66. The van der Waals surface area contributed by atoms with Gasteiger partial charge in [-0.2, -0.15) is 5.10 Å². The number of carbonyl (C=O) groups excluding carboxylic acids is 1. The molecule has 0 spiro atoms. The molecule has 1 N–H and O–H groups in total. The number of nitrogens with one attached hydrogen (secondary N) is 1. The van der Waals surface area contributed by atoms with Crippen molar-refractivity contribution in [2.24, 2.45) is 0 Å². The van der Waals surface area contributed by atoms with Crippen molar-refractivity contribution >= 4 is 17.5 Å². The number of amides is 1. The van der Waals surface area contributed by atoms with Crippen molar-refractivity contribution in [2.45, 2.75) is 32.6 Å². The van der Waals surface area contributed by atoms with Gasteiger partial charge in [-0.15, -0.1) is 0 Å². The van der Waals surface area contributed by atoms with E-state index in [-0.39, 0.29) is 5.91 Å². The Morgan fingerprint density at radius 3 is 2.52 bits per heavy atom. The Morgan fingerprint density at radius 2 is 1.78 bits per heavy atom. The number of nitrogens with zero attached hydrogens (tertiary/aromatic N) is 2. The topological polar surface area (TPSA) is 46.9 Å². The number of benzene rings is 2. The standard InChI is InChI=1S/C22H24ClN3O/c1-2-3-4-10-15-24-22(27)21-16-20(18-13-8-9-14-19(18)23)25-26(21)17-11-6-5-7-12-17/h5-9,11-14,16H,2-4,10,15H2,1H3,(H,24,27). The van der Waals surface area contributed by atoms with Crippen molar-refractivity contribution in [1.82, 2.24) is 15.1 Å². The third kappa shape index (κ3) is 4.77. The average Bonchev–Trinajstić information content (AvgIpc) is 3.14. The molecule has 0 aliphatic carbocycles. The molecule has 0 unspecified atom stereocenters. The van der Waals surface area contributed by atoms with Crippen molar-refractivity contribution in [3.63, 3.8) is 0 Å². The molecular formula is C22H24ClN3O. The van der Waals surface area contributed by atoms with Crippen molar-refractivity contribution in [1.29, 1.82) is 0 Å². The second-order valence-corrected chi connectivity index (χ2v) is 6.87. The molecule has 0 radical (unpaired) electrons. The van der Waals surface area contributed by atoms with E-state index in [1.165, 1.54) is 12.8 Å². The van der Waals surface area contributed by atoms with Crippen molar-refractivity contribution in [3.05, 3.63) is 71.4 Å². The summed E-state index contributed by atoms with van der Waals surface area (Å²) in [6, 6.07) is 19.0. The first kappa shape index (κ1) is 19.2. The van der Waals surface area contributed by atoms with Gasteiger partial charge >= 0.3 is 0 Å². The van der Waals surface area contributed by atoms with Gasteiger partial charge in [0.2, 0.25) is 0 Å². The van der Waals surface area contributed by atoms with Crippen LogP contribution in [0.25, 0.3) is 16.9 Å². The number of para-hydroxylation sites is 1.